The van der Waals surface area contributed by atoms with Crippen molar-refractivity contribution in [1.82, 2.24) is 29.9 Å². The van der Waals surface area contributed by atoms with E-state index in [1.807, 2.05) is 60.9 Å². The highest BCUT2D eigenvalue weighted by Gasteiger charge is 2.51. The van der Waals surface area contributed by atoms with Gasteiger partial charge in [-0.2, -0.15) is 0 Å². The molecule has 5 heterocycles. The first-order valence-corrected chi connectivity index (χ1v) is 21.4. The highest BCUT2D eigenvalue weighted by Crippen LogP contribution is 2.64. The number of rotatable bonds is 6. The molecule has 0 atom stereocenters. The number of hydrogen-bond acceptors (Lipinski definition) is 7. The van der Waals surface area contributed by atoms with Crippen LogP contribution in [0.2, 0.25) is 0 Å². The summed E-state index contributed by atoms with van der Waals surface area (Å²) < 4.78 is 0. The largest absolute Gasteiger partial charge is 0.264 e. The second-order valence-corrected chi connectivity index (χ2v) is 16.5. The van der Waals surface area contributed by atoms with Crippen molar-refractivity contribution in [3.63, 3.8) is 0 Å². The summed E-state index contributed by atoms with van der Waals surface area (Å²) in [6, 6.07) is 64.1. The van der Waals surface area contributed by atoms with E-state index in [4.69, 9.17) is 19.9 Å². The smallest absolute Gasteiger partial charge is 0.165 e. The zero-order valence-electron chi connectivity index (χ0n) is 33.2. The van der Waals surface area contributed by atoms with Gasteiger partial charge in [0.15, 0.2) is 17.5 Å². The molecule has 6 aromatic carbocycles. The van der Waals surface area contributed by atoms with E-state index in [1.165, 1.54) is 38.3 Å². The van der Waals surface area contributed by atoms with Gasteiger partial charge in [0.2, 0.25) is 0 Å². The molecule has 0 saturated carbocycles. The Balaban J connectivity index is 1.16. The van der Waals surface area contributed by atoms with Crippen molar-refractivity contribution in [2.75, 3.05) is 0 Å². The van der Waals surface area contributed by atoms with Crippen LogP contribution >= 0.6 is 11.8 Å². The molecule has 290 valence electrons. The number of aromatic nitrogens is 6. The number of pyridine rings is 3. The van der Waals surface area contributed by atoms with Crippen molar-refractivity contribution >= 4 is 11.8 Å². The molecule has 4 aromatic heterocycles. The molecule has 1 aliphatic carbocycles. The van der Waals surface area contributed by atoms with Crippen LogP contribution in [0.5, 0.6) is 0 Å². The fourth-order valence-corrected chi connectivity index (χ4v) is 10.7. The Labute approximate surface area is 363 Å². The third kappa shape index (κ3) is 5.74. The third-order valence-corrected chi connectivity index (χ3v) is 13.3. The highest BCUT2D eigenvalue weighted by atomic mass is 32.2. The number of benzene rings is 6. The molecule has 12 rings (SSSR count). The van der Waals surface area contributed by atoms with Gasteiger partial charge >= 0.3 is 0 Å². The molecule has 0 unspecified atom stereocenters. The van der Waals surface area contributed by atoms with E-state index in [0.717, 1.165) is 55.2 Å². The van der Waals surface area contributed by atoms with E-state index in [0.29, 0.717) is 17.5 Å². The Morgan fingerprint density at radius 2 is 0.758 bits per heavy atom. The lowest BCUT2D eigenvalue weighted by Crippen LogP contribution is -2.32. The van der Waals surface area contributed by atoms with E-state index in [-0.39, 0.29) is 0 Å². The predicted molar refractivity (Wildman–Crippen MR) is 247 cm³/mol. The van der Waals surface area contributed by atoms with Crippen molar-refractivity contribution in [1.29, 1.82) is 0 Å². The molecule has 2 aliphatic rings. The van der Waals surface area contributed by atoms with Crippen LogP contribution in [0.3, 0.4) is 0 Å². The topological polar surface area (TPSA) is 77.3 Å². The second kappa shape index (κ2) is 14.7. The summed E-state index contributed by atoms with van der Waals surface area (Å²) in [5.74, 6) is 1.88. The van der Waals surface area contributed by atoms with Crippen molar-refractivity contribution in [3.8, 4) is 78.9 Å². The molecular weight excluding hydrogens is 777 g/mol. The summed E-state index contributed by atoms with van der Waals surface area (Å²) >= 11 is 1.80. The average Bonchev–Trinajstić information content (AvgIpc) is 3.65. The lowest BCUT2D eigenvalue weighted by Gasteiger charge is -2.41. The zero-order valence-corrected chi connectivity index (χ0v) is 34.0. The predicted octanol–water partition coefficient (Wildman–Crippen LogP) is 12.9. The minimum atomic E-state index is -0.641. The van der Waals surface area contributed by atoms with Crippen LogP contribution in [0.4, 0.5) is 0 Å². The van der Waals surface area contributed by atoms with Gasteiger partial charge in [-0.3, -0.25) is 9.97 Å². The lowest BCUT2D eigenvalue weighted by molar-refractivity contribution is 0.723. The Kier molecular flexibility index (Phi) is 8.54. The maximum atomic E-state index is 5.28. The summed E-state index contributed by atoms with van der Waals surface area (Å²) in [6.45, 7) is 0. The normalized spacial score (nSPS) is 12.9. The van der Waals surface area contributed by atoms with Crippen LogP contribution in [0.25, 0.3) is 78.9 Å². The summed E-state index contributed by atoms with van der Waals surface area (Å²) in [5, 5.41) is 0. The molecule has 7 heteroatoms. The molecule has 1 spiro atoms. The standard InChI is InChI=1S/C55H34N6S/c1-3-15-35(16-4-1)52-59-53(36-17-5-2-6-18-36)61-54(60-52)43-24-12-28-47-51(43)62-50-40(39-31-48(37-19-13-29-56-33-37)58-49(32-39)38-20-14-30-57-34-38)23-11-27-46(50)55(47)44-25-9-7-21-41(44)42-22-8-10-26-45(42)55/h1-34H. The van der Waals surface area contributed by atoms with Crippen molar-refractivity contribution in [2.24, 2.45) is 0 Å². The van der Waals surface area contributed by atoms with E-state index < -0.39 is 5.41 Å². The molecule has 1 aliphatic heterocycles. The molecule has 0 amide bonds. The molecule has 0 N–H and O–H groups in total. The van der Waals surface area contributed by atoms with Gasteiger partial charge in [-0.1, -0.05) is 157 Å². The Bertz CT molecular complexity index is 2980. The summed E-state index contributed by atoms with van der Waals surface area (Å²) in [7, 11) is 0. The lowest BCUT2D eigenvalue weighted by atomic mass is 9.66. The molecule has 6 nitrogen and oxygen atoms in total. The SMILES string of the molecule is c1ccc(-c2nc(-c3ccccc3)nc(-c3cccc4c3Sc3c(-c5cc(-c6cccnc6)nc(-c6cccnc6)c5)cccc3C43c4ccccc4-c4ccccc43)n2)cc1. The van der Waals surface area contributed by atoms with Crippen molar-refractivity contribution < 1.29 is 0 Å². The van der Waals surface area contributed by atoms with E-state index in [9.17, 15) is 0 Å². The zero-order chi connectivity index (χ0) is 41.0. The van der Waals surface area contributed by atoms with E-state index in [1.54, 1.807) is 24.2 Å². The van der Waals surface area contributed by atoms with Crippen LogP contribution in [-0.2, 0) is 5.41 Å². The minimum Gasteiger partial charge on any atom is -0.264 e. The van der Waals surface area contributed by atoms with Gasteiger partial charge in [0.05, 0.1) is 16.8 Å². The Hall–Kier alpha value is -7.87. The summed E-state index contributed by atoms with van der Waals surface area (Å²) in [4.78, 5) is 32.0. The van der Waals surface area contributed by atoms with Gasteiger partial charge in [-0.15, -0.1) is 0 Å². The Morgan fingerprint density at radius 1 is 0.323 bits per heavy atom. The van der Waals surface area contributed by atoms with Gasteiger partial charge in [0, 0.05) is 62.4 Å². The van der Waals surface area contributed by atoms with Gasteiger partial charge in [-0.25, -0.2) is 19.9 Å². The Morgan fingerprint density at radius 3 is 1.29 bits per heavy atom. The average molecular weight is 811 g/mol. The van der Waals surface area contributed by atoms with Crippen LogP contribution in [0, 0.1) is 0 Å². The van der Waals surface area contributed by atoms with Gasteiger partial charge in [0.1, 0.15) is 0 Å². The van der Waals surface area contributed by atoms with Crippen LogP contribution in [0.15, 0.2) is 217 Å². The third-order valence-electron chi connectivity index (χ3n) is 12.0. The van der Waals surface area contributed by atoms with E-state index >= 15 is 0 Å². The first kappa shape index (κ1) is 36.0. The maximum absolute atomic E-state index is 5.28. The van der Waals surface area contributed by atoms with Crippen molar-refractivity contribution in [3.05, 3.63) is 229 Å². The number of hydrogen-bond donors (Lipinski definition) is 0. The quantitative estimate of drug-likeness (QED) is 0.165. The van der Waals surface area contributed by atoms with Gasteiger partial charge in [0.25, 0.3) is 0 Å². The molecule has 0 radical (unpaired) electrons. The molecule has 10 aromatic rings. The molecule has 62 heavy (non-hydrogen) atoms. The summed E-state index contributed by atoms with van der Waals surface area (Å²) in [5.41, 5.74) is 15.3. The van der Waals surface area contributed by atoms with Crippen LogP contribution in [0.1, 0.15) is 22.3 Å². The highest BCUT2D eigenvalue weighted by molar-refractivity contribution is 7.99. The minimum absolute atomic E-state index is 0.624. The first-order valence-electron chi connectivity index (χ1n) is 20.6. The monoisotopic (exact) mass is 810 g/mol. The second-order valence-electron chi connectivity index (χ2n) is 15.5. The van der Waals surface area contributed by atoms with Crippen molar-refractivity contribution in [2.45, 2.75) is 15.2 Å². The number of fused-ring (bicyclic) bond motifs is 9. The van der Waals surface area contributed by atoms with Gasteiger partial charge in [-0.05, 0) is 80.9 Å². The van der Waals surface area contributed by atoms with Crippen LogP contribution in [-0.4, -0.2) is 29.9 Å². The molecule has 0 bridgehead atoms. The number of nitrogens with zero attached hydrogens (tertiary/aromatic N) is 6. The molecule has 0 fully saturated rings. The first-order chi connectivity index (χ1) is 30.7. The van der Waals surface area contributed by atoms with Crippen LogP contribution < -0.4 is 0 Å². The maximum Gasteiger partial charge on any atom is 0.165 e. The van der Waals surface area contributed by atoms with Gasteiger partial charge < -0.3 is 0 Å². The van der Waals surface area contributed by atoms with E-state index in [2.05, 4.69) is 143 Å². The fourth-order valence-electron chi connectivity index (χ4n) is 9.29. The molecular formula is C55H34N6S. The fraction of sp³-hybridized carbons (Fsp3) is 0.0182. The summed E-state index contributed by atoms with van der Waals surface area (Å²) in [6.07, 6.45) is 7.34. The molecule has 0 saturated heterocycles.